The van der Waals surface area contributed by atoms with E-state index in [9.17, 15) is 0 Å². The summed E-state index contributed by atoms with van der Waals surface area (Å²) in [4.78, 5) is 0. The lowest BCUT2D eigenvalue weighted by atomic mass is 10.0. The van der Waals surface area contributed by atoms with Crippen molar-refractivity contribution in [1.82, 2.24) is 5.32 Å². The normalized spacial score (nSPS) is 15.6. The monoisotopic (exact) mass is 237 g/mol. The van der Waals surface area contributed by atoms with Crippen molar-refractivity contribution in [1.29, 1.82) is 0 Å². The van der Waals surface area contributed by atoms with Crippen LogP contribution >= 0.6 is 11.8 Å². The van der Waals surface area contributed by atoms with Crippen LogP contribution < -0.4 is 10.1 Å². The van der Waals surface area contributed by atoms with E-state index in [0.29, 0.717) is 6.04 Å². The van der Waals surface area contributed by atoms with Gasteiger partial charge >= 0.3 is 0 Å². The number of nitrogens with one attached hydrogen (secondary N) is 1. The van der Waals surface area contributed by atoms with E-state index in [4.69, 9.17) is 4.74 Å². The van der Waals surface area contributed by atoms with E-state index >= 15 is 0 Å². The maximum Gasteiger partial charge on any atom is 0.127 e. The van der Waals surface area contributed by atoms with Crippen LogP contribution in [0.25, 0.3) is 0 Å². The number of hydrogen-bond acceptors (Lipinski definition) is 3. The van der Waals surface area contributed by atoms with Gasteiger partial charge in [0.25, 0.3) is 0 Å². The van der Waals surface area contributed by atoms with E-state index in [1.807, 2.05) is 18.8 Å². The van der Waals surface area contributed by atoms with Gasteiger partial charge in [-0.15, -0.1) is 0 Å². The number of thioether (sulfide) groups is 1. The molecule has 3 heteroatoms. The molecule has 0 radical (unpaired) electrons. The van der Waals surface area contributed by atoms with Gasteiger partial charge in [-0.25, -0.2) is 0 Å². The Kier molecular flexibility index (Phi) is 4.13. The fraction of sp³-hybridized carbons (Fsp3) is 0.538. The molecule has 1 aliphatic rings. The lowest BCUT2D eigenvalue weighted by molar-refractivity contribution is 0.348. The Morgan fingerprint density at radius 1 is 1.50 bits per heavy atom. The second-order valence-electron chi connectivity index (χ2n) is 4.06. The van der Waals surface area contributed by atoms with Crippen LogP contribution in [0.3, 0.4) is 0 Å². The first-order valence-electron chi connectivity index (χ1n) is 5.77. The SMILES string of the molecule is CNC(CCSC)c1cccc2c1OCC2. The smallest absolute Gasteiger partial charge is 0.127 e. The third kappa shape index (κ3) is 2.36. The highest BCUT2D eigenvalue weighted by atomic mass is 32.2. The van der Waals surface area contributed by atoms with Crippen molar-refractivity contribution >= 4 is 11.8 Å². The van der Waals surface area contributed by atoms with Crippen molar-refractivity contribution in [3.63, 3.8) is 0 Å². The minimum absolute atomic E-state index is 0.417. The molecule has 0 spiro atoms. The molecule has 1 unspecified atom stereocenters. The molecule has 2 rings (SSSR count). The third-order valence-electron chi connectivity index (χ3n) is 3.08. The lowest BCUT2D eigenvalue weighted by Crippen LogP contribution is -2.17. The van der Waals surface area contributed by atoms with Crippen LogP contribution in [-0.4, -0.2) is 25.7 Å². The van der Waals surface area contributed by atoms with Crippen molar-refractivity contribution < 1.29 is 4.74 Å². The molecule has 1 aliphatic heterocycles. The van der Waals surface area contributed by atoms with Crippen LogP contribution in [0.2, 0.25) is 0 Å². The van der Waals surface area contributed by atoms with Crippen molar-refractivity contribution in [2.45, 2.75) is 18.9 Å². The summed E-state index contributed by atoms with van der Waals surface area (Å²) in [6.07, 6.45) is 4.36. The van der Waals surface area contributed by atoms with Crippen LogP contribution in [0.4, 0.5) is 0 Å². The molecular formula is C13H19NOS. The molecule has 1 atom stereocenters. The standard InChI is InChI=1S/C13H19NOS/c1-14-12(7-9-16-2)11-5-3-4-10-6-8-15-13(10)11/h3-5,12,14H,6-9H2,1-2H3. The summed E-state index contributed by atoms with van der Waals surface area (Å²) in [5.41, 5.74) is 2.69. The molecule has 0 amide bonds. The van der Waals surface area contributed by atoms with Crippen LogP contribution in [0.15, 0.2) is 18.2 Å². The highest BCUT2D eigenvalue weighted by Gasteiger charge is 2.20. The van der Waals surface area contributed by atoms with Gasteiger partial charge in [-0.3, -0.25) is 0 Å². The molecule has 2 nitrogen and oxygen atoms in total. The van der Waals surface area contributed by atoms with E-state index in [1.165, 1.54) is 16.9 Å². The first-order chi connectivity index (χ1) is 7.86. The Morgan fingerprint density at radius 2 is 2.38 bits per heavy atom. The second-order valence-corrected chi connectivity index (χ2v) is 5.04. The van der Waals surface area contributed by atoms with Crippen LogP contribution in [0, 0.1) is 0 Å². The molecule has 0 bridgehead atoms. The Bertz CT molecular complexity index is 354. The Labute approximate surface area is 102 Å². The average molecular weight is 237 g/mol. The van der Waals surface area contributed by atoms with Crippen molar-refractivity contribution in [2.75, 3.05) is 25.7 Å². The number of para-hydroxylation sites is 1. The predicted molar refractivity (Wildman–Crippen MR) is 70.4 cm³/mol. The number of benzene rings is 1. The van der Waals surface area contributed by atoms with E-state index in [0.717, 1.165) is 25.2 Å². The topological polar surface area (TPSA) is 21.3 Å². The molecule has 1 heterocycles. The van der Waals surface area contributed by atoms with Gasteiger partial charge in [0.1, 0.15) is 5.75 Å². The van der Waals surface area contributed by atoms with Crippen molar-refractivity contribution in [2.24, 2.45) is 0 Å². The van der Waals surface area contributed by atoms with Gasteiger partial charge in [-0.2, -0.15) is 11.8 Å². The fourth-order valence-corrected chi connectivity index (χ4v) is 2.68. The van der Waals surface area contributed by atoms with Crippen molar-refractivity contribution in [3.05, 3.63) is 29.3 Å². The largest absolute Gasteiger partial charge is 0.493 e. The lowest BCUT2D eigenvalue weighted by Gasteiger charge is -2.18. The molecule has 0 fully saturated rings. The molecular weight excluding hydrogens is 218 g/mol. The Balaban J connectivity index is 2.21. The van der Waals surface area contributed by atoms with E-state index in [1.54, 1.807) is 0 Å². The molecule has 0 saturated carbocycles. The van der Waals surface area contributed by atoms with Gasteiger partial charge in [-0.05, 0) is 31.0 Å². The Hall–Kier alpha value is -0.670. The van der Waals surface area contributed by atoms with Crippen LogP contribution in [0.5, 0.6) is 5.75 Å². The molecule has 88 valence electrons. The minimum atomic E-state index is 0.417. The summed E-state index contributed by atoms with van der Waals surface area (Å²) in [7, 11) is 2.03. The predicted octanol–water partition coefficient (Wildman–Crippen LogP) is 2.64. The van der Waals surface area contributed by atoms with Gasteiger partial charge in [0.2, 0.25) is 0 Å². The Morgan fingerprint density at radius 3 is 3.12 bits per heavy atom. The number of ether oxygens (including phenoxy) is 1. The molecule has 0 aromatic heterocycles. The average Bonchev–Trinajstić information content (AvgIpc) is 2.78. The molecule has 16 heavy (non-hydrogen) atoms. The first-order valence-corrected chi connectivity index (χ1v) is 7.17. The van der Waals surface area contributed by atoms with Gasteiger partial charge < -0.3 is 10.1 Å². The second kappa shape index (κ2) is 5.60. The van der Waals surface area contributed by atoms with Gasteiger partial charge in [0.05, 0.1) is 6.61 Å². The summed E-state index contributed by atoms with van der Waals surface area (Å²) in [6.45, 7) is 0.839. The maximum atomic E-state index is 5.75. The first kappa shape index (κ1) is 11.8. The molecule has 0 saturated heterocycles. The zero-order chi connectivity index (χ0) is 11.4. The quantitative estimate of drug-likeness (QED) is 0.850. The summed E-state index contributed by atoms with van der Waals surface area (Å²) < 4.78 is 5.75. The maximum absolute atomic E-state index is 5.75. The van der Waals surface area contributed by atoms with Gasteiger partial charge in [0.15, 0.2) is 0 Å². The summed E-state index contributed by atoms with van der Waals surface area (Å²) in [5, 5.41) is 3.39. The molecule has 1 aromatic carbocycles. The molecule has 1 aromatic rings. The number of fused-ring (bicyclic) bond motifs is 1. The molecule has 1 N–H and O–H groups in total. The minimum Gasteiger partial charge on any atom is -0.493 e. The highest BCUT2D eigenvalue weighted by Crippen LogP contribution is 2.34. The summed E-state index contributed by atoms with van der Waals surface area (Å²) >= 11 is 1.89. The van der Waals surface area contributed by atoms with E-state index < -0.39 is 0 Å². The number of hydrogen-bond donors (Lipinski definition) is 1. The third-order valence-corrected chi connectivity index (χ3v) is 3.72. The summed E-state index contributed by atoms with van der Waals surface area (Å²) in [5.74, 6) is 2.30. The van der Waals surface area contributed by atoms with E-state index in [2.05, 4.69) is 29.8 Å². The highest BCUT2D eigenvalue weighted by molar-refractivity contribution is 7.98. The fourth-order valence-electron chi connectivity index (χ4n) is 2.21. The van der Waals surface area contributed by atoms with Crippen LogP contribution in [-0.2, 0) is 6.42 Å². The zero-order valence-electron chi connectivity index (χ0n) is 9.95. The van der Waals surface area contributed by atoms with Gasteiger partial charge in [-0.1, -0.05) is 18.2 Å². The van der Waals surface area contributed by atoms with E-state index in [-0.39, 0.29) is 0 Å². The molecule has 0 aliphatic carbocycles. The summed E-state index contributed by atoms with van der Waals surface area (Å²) in [6, 6.07) is 6.92. The number of rotatable bonds is 5. The zero-order valence-corrected chi connectivity index (χ0v) is 10.8. The van der Waals surface area contributed by atoms with Crippen LogP contribution in [0.1, 0.15) is 23.6 Å². The van der Waals surface area contributed by atoms with Gasteiger partial charge in [0, 0.05) is 18.0 Å². The van der Waals surface area contributed by atoms with Crippen molar-refractivity contribution in [3.8, 4) is 5.75 Å².